The van der Waals surface area contributed by atoms with Crippen LogP contribution in [0.2, 0.25) is 0 Å². The molecule has 1 aliphatic heterocycles. The number of hydrogen-bond acceptors (Lipinski definition) is 3. The highest BCUT2D eigenvalue weighted by Crippen LogP contribution is 2.66. The number of halogens is 3. The maximum absolute atomic E-state index is 13.6. The molecule has 0 aromatic heterocycles. The molecule has 28 heavy (non-hydrogen) atoms. The van der Waals surface area contributed by atoms with Crippen molar-refractivity contribution in [2.75, 3.05) is 19.7 Å². The topological polar surface area (TPSA) is 64.4 Å². The normalized spacial score (nSPS) is 40.1. The second kappa shape index (κ2) is 7.55. The zero-order valence-electron chi connectivity index (χ0n) is 17.2. The van der Waals surface area contributed by atoms with Gasteiger partial charge >= 0.3 is 11.9 Å². The summed E-state index contributed by atoms with van der Waals surface area (Å²) < 4.78 is 46.6. The van der Waals surface area contributed by atoms with Crippen molar-refractivity contribution < 1.29 is 28.1 Å². The SMILES string of the molecule is C#CCNC/C(=C(/[OH2+])C(F)(F)F)[C@]1(C)CCC[C@]2(C)CC[C@@](C)(O)OC[C@@]21C. The Hall–Kier alpha value is -1.23. The molecule has 1 saturated carbocycles. The number of nitrogens with one attached hydrogen (secondary N) is 1. The van der Waals surface area contributed by atoms with Crippen molar-refractivity contribution in [1.82, 2.24) is 5.32 Å². The van der Waals surface area contributed by atoms with E-state index in [0.29, 0.717) is 19.3 Å². The summed E-state index contributed by atoms with van der Waals surface area (Å²) in [5.74, 6) is -0.230. The first kappa shape index (κ1) is 23.1. The van der Waals surface area contributed by atoms with Crippen LogP contribution in [-0.2, 0) is 4.74 Å². The number of alkyl halides is 3. The molecule has 4 nitrogen and oxygen atoms in total. The quantitative estimate of drug-likeness (QED) is 0.326. The molecule has 1 heterocycles. The number of aliphatic hydroxyl groups is 1. The van der Waals surface area contributed by atoms with E-state index >= 15 is 0 Å². The van der Waals surface area contributed by atoms with Crippen LogP contribution in [0.1, 0.15) is 59.8 Å². The molecule has 0 spiro atoms. The van der Waals surface area contributed by atoms with E-state index in [-0.39, 0.29) is 30.7 Å². The number of ether oxygens (including phenoxy) is 1. The summed E-state index contributed by atoms with van der Waals surface area (Å²) in [6.07, 6.45) is 3.72. The van der Waals surface area contributed by atoms with Crippen LogP contribution >= 0.6 is 0 Å². The first-order valence-corrected chi connectivity index (χ1v) is 9.75. The molecule has 1 aliphatic carbocycles. The second-order valence-corrected chi connectivity index (χ2v) is 9.20. The maximum atomic E-state index is 13.6. The van der Waals surface area contributed by atoms with Gasteiger partial charge in [0.25, 0.3) is 0 Å². The van der Waals surface area contributed by atoms with Crippen molar-refractivity contribution >= 4 is 0 Å². The zero-order chi connectivity index (χ0) is 21.4. The predicted octanol–water partition coefficient (Wildman–Crippen LogP) is 3.47. The van der Waals surface area contributed by atoms with Crippen LogP contribution < -0.4 is 5.32 Å². The average Bonchev–Trinajstić information content (AvgIpc) is 2.68. The van der Waals surface area contributed by atoms with E-state index in [4.69, 9.17) is 16.3 Å². The van der Waals surface area contributed by atoms with Gasteiger partial charge in [0.1, 0.15) is 0 Å². The van der Waals surface area contributed by atoms with Gasteiger partial charge in [-0.15, -0.1) is 6.42 Å². The van der Waals surface area contributed by atoms with E-state index in [1.807, 2.05) is 13.8 Å². The van der Waals surface area contributed by atoms with E-state index in [1.165, 1.54) is 0 Å². The highest BCUT2D eigenvalue weighted by atomic mass is 19.4. The van der Waals surface area contributed by atoms with Crippen LogP contribution in [0.25, 0.3) is 0 Å². The molecule has 2 fully saturated rings. The Morgan fingerprint density at radius 3 is 2.39 bits per heavy atom. The summed E-state index contributed by atoms with van der Waals surface area (Å²) in [6, 6.07) is 0. The van der Waals surface area contributed by atoms with Gasteiger partial charge in [0.2, 0.25) is 0 Å². The van der Waals surface area contributed by atoms with Crippen LogP contribution in [-0.4, -0.2) is 41.9 Å². The van der Waals surface area contributed by atoms with Crippen molar-refractivity contribution in [3.63, 3.8) is 0 Å². The third-order valence-electron chi connectivity index (χ3n) is 7.55. The van der Waals surface area contributed by atoms with Crippen molar-refractivity contribution in [2.24, 2.45) is 16.2 Å². The lowest BCUT2D eigenvalue weighted by Gasteiger charge is -2.60. The Bertz CT molecular complexity index is 667. The highest BCUT2D eigenvalue weighted by molar-refractivity contribution is 5.29. The first-order chi connectivity index (χ1) is 12.7. The molecule has 0 radical (unpaired) electrons. The van der Waals surface area contributed by atoms with Crippen LogP contribution in [0.15, 0.2) is 11.3 Å². The Morgan fingerprint density at radius 2 is 1.82 bits per heavy atom. The summed E-state index contributed by atoms with van der Waals surface area (Å²) in [6.45, 7) is 7.63. The molecule has 160 valence electrons. The minimum absolute atomic E-state index is 0.0221. The molecular formula is C21H33F3NO3+. The fraction of sp³-hybridized carbons (Fsp3) is 0.810. The Kier molecular flexibility index (Phi) is 6.21. The highest BCUT2D eigenvalue weighted by Gasteiger charge is 2.63. The van der Waals surface area contributed by atoms with Gasteiger partial charge in [0, 0.05) is 23.8 Å². The number of rotatable bonds is 4. The van der Waals surface area contributed by atoms with Gasteiger partial charge in [-0.1, -0.05) is 33.1 Å². The van der Waals surface area contributed by atoms with Crippen LogP contribution in [0.5, 0.6) is 0 Å². The van der Waals surface area contributed by atoms with Gasteiger partial charge in [0.15, 0.2) is 5.79 Å². The average molecular weight is 404 g/mol. The van der Waals surface area contributed by atoms with Gasteiger partial charge in [0.05, 0.1) is 18.7 Å². The molecule has 4 N–H and O–H groups in total. The van der Waals surface area contributed by atoms with E-state index in [0.717, 1.165) is 12.8 Å². The molecule has 2 rings (SSSR count). The Balaban J connectivity index is 2.61. The predicted molar refractivity (Wildman–Crippen MR) is 102 cm³/mol. The van der Waals surface area contributed by atoms with Crippen molar-refractivity contribution in [3.8, 4) is 12.3 Å². The summed E-state index contributed by atoms with van der Waals surface area (Å²) in [7, 11) is 0. The molecule has 7 heteroatoms. The zero-order valence-corrected chi connectivity index (χ0v) is 17.2. The van der Waals surface area contributed by atoms with E-state index < -0.39 is 28.6 Å². The number of allylic oxidation sites excluding steroid dienone is 1. The van der Waals surface area contributed by atoms with Crippen LogP contribution in [0.3, 0.4) is 0 Å². The fourth-order valence-corrected chi connectivity index (χ4v) is 5.14. The number of fused-ring (bicyclic) bond motifs is 1. The Morgan fingerprint density at radius 1 is 1.18 bits per heavy atom. The van der Waals surface area contributed by atoms with Gasteiger partial charge in [-0.3, -0.25) is 0 Å². The minimum atomic E-state index is -4.74. The molecule has 0 bridgehead atoms. The van der Waals surface area contributed by atoms with Gasteiger partial charge < -0.3 is 20.3 Å². The minimum Gasteiger partial charge on any atom is -0.590 e. The van der Waals surface area contributed by atoms with Crippen molar-refractivity contribution in [1.29, 1.82) is 0 Å². The molecule has 4 atom stereocenters. The molecular weight excluding hydrogens is 371 g/mol. The van der Waals surface area contributed by atoms with E-state index in [9.17, 15) is 18.3 Å². The standard InChI is InChI=1S/C21H32F3NO3/c1-6-12-25-13-15(16(26)21(22,23)24)18(3)9-7-8-17(2)10-11-20(5,27)28-14-19(17,18)4/h1,25-27H,7-14H2,2-5H3/p+1/b16-15-/t17-,18+,19+,20+/m1/s1. The maximum Gasteiger partial charge on any atom is 0.500 e. The lowest BCUT2D eigenvalue weighted by Crippen LogP contribution is -2.56. The summed E-state index contributed by atoms with van der Waals surface area (Å²) in [5.41, 5.74) is -1.89. The molecule has 0 amide bonds. The first-order valence-electron chi connectivity index (χ1n) is 9.75. The number of terminal acetylenes is 1. The Labute approximate surface area is 165 Å². The van der Waals surface area contributed by atoms with E-state index in [1.54, 1.807) is 6.92 Å². The number of hydrogen-bond donors (Lipinski definition) is 2. The summed E-state index contributed by atoms with van der Waals surface area (Å²) in [4.78, 5) is 0. The summed E-state index contributed by atoms with van der Waals surface area (Å²) in [5, 5.41) is 21.3. The van der Waals surface area contributed by atoms with Gasteiger partial charge in [-0.25, -0.2) is 0 Å². The molecule has 1 saturated heterocycles. The van der Waals surface area contributed by atoms with Crippen LogP contribution in [0, 0.1) is 28.6 Å². The van der Waals surface area contributed by atoms with E-state index in [2.05, 4.69) is 18.2 Å². The second-order valence-electron chi connectivity index (χ2n) is 9.20. The summed E-state index contributed by atoms with van der Waals surface area (Å²) >= 11 is 0. The van der Waals surface area contributed by atoms with Crippen molar-refractivity contribution in [2.45, 2.75) is 71.8 Å². The molecule has 0 aromatic rings. The third kappa shape index (κ3) is 3.92. The molecule has 2 aliphatic rings. The lowest BCUT2D eigenvalue weighted by atomic mass is 9.44. The smallest absolute Gasteiger partial charge is 0.500 e. The largest absolute Gasteiger partial charge is 0.590 e. The third-order valence-corrected chi connectivity index (χ3v) is 7.55. The fourth-order valence-electron chi connectivity index (χ4n) is 5.14. The van der Waals surface area contributed by atoms with Crippen LogP contribution in [0.4, 0.5) is 13.2 Å². The molecule has 0 unspecified atom stereocenters. The monoisotopic (exact) mass is 404 g/mol. The van der Waals surface area contributed by atoms with Gasteiger partial charge in [-0.05, 0) is 31.6 Å². The molecule has 0 aromatic carbocycles. The van der Waals surface area contributed by atoms with Crippen molar-refractivity contribution in [3.05, 3.63) is 11.3 Å². The van der Waals surface area contributed by atoms with Gasteiger partial charge in [-0.2, -0.15) is 13.2 Å². The lowest BCUT2D eigenvalue weighted by molar-refractivity contribution is -0.215.